The fourth-order valence-corrected chi connectivity index (χ4v) is 1.40. The first-order valence-electron chi connectivity index (χ1n) is 4.80. The van der Waals surface area contributed by atoms with E-state index in [0.717, 1.165) is 5.56 Å². The number of esters is 1. The van der Waals surface area contributed by atoms with Crippen LogP contribution >= 0.6 is 11.6 Å². The average Bonchev–Trinajstić information content (AvgIpc) is 2.81. The van der Waals surface area contributed by atoms with Crippen LogP contribution in [-0.2, 0) is 4.74 Å². The van der Waals surface area contributed by atoms with Crippen molar-refractivity contribution < 1.29 is 13.9 Å². The molecular weight excluding hydrogens is 244 g/mol. The summed E-state index contributed by atoms with van der Waals surface area (Å²) in [5.41, 5.74) is 1.59. The standard InChI is InChI=1S/C11H9ClN2O3/c1-6-5-7(3-4-8(6)12)9-13-14-10(17-9)11(15)16-2/h3-5H,1-2H3. The van der Waals surface area contributed by atoms with Gasteiger partial charge in [-0.05, 0) is 30.7 Å². The number of carbonyl (C=O) groups is 1. The van der Waals surface area contributed by atoms with E-state index in [1.165, 1.54) is 7.11 Å². The number of methoxy groups -OCH3 is 1. The largest absolute Gasteiger partial charge is 0.462 e. The fourth-order valence-electron chi connectivity index (χ4n) is 1.29. The summed E-state index contributed by atoms with van der Waals surface area (Å²) in [5, 5.41) is 8.01. The summed E-state index contributed by atoms with van der Waals surface area (Å²) < 4.78 is 9.65. The minimum atomic E-state index is -0.658. The monoisotopic (exact) mass is 252 g/mol. The lowest BCUT2D eigenvalue weighted by Crippen LogP contribution is -2.00. The third kappa shape index (κ3) is 2.29. The summed E-state index contributed by atoms with van der Waals surface area (Å²) >= 11 is 5.91. The minimum absolute atomic E-state index is 0.171. The average molecular weight is 253 g/mol. The Labute approximate surface area is 102 Å². The predicted molar refractivity (Wildman–Crippen MR) is 60.8 cm³/mol. The highest BCUT2D eigenvalue weighted by atomic mass is 35.5. The molecular formula is C11H9ClN2O3. The van der Waals surface area contributed by atoms with Gasteiger partial charge in [0.15, 0.2) is 0 Å². The van der Waals surface area contributed by atoms with Crippen LogP contribution in [0.1, 0.15) is 16.2 Å². The predicted octanol–water partition coefficient (Wildman–Crippen LogP) is 2.49. The number of aromatic nitrogens is 2. The van der Waals surface area contributed by atoms with Crippen LogP contribution in [0.25, 0.3) is 11.5 Å². The molecule has 0 fully saturated rings. The molecule has 2 aromatic rings. The number of hydrogen-bond acceptors (Lipinski definition) is 5. The van der Waals surface area contributed by atoms with E-state index in [1.807, 2.05) is 6.92 Å². The Morgan fingerprint density at radius 2 is 2.18 bits per heavy atom. The first-order valence-corrected chi connectivity index (χ1v) is 5.18. The molecule has 88 valence electrons. The van der Waals surface area contributed by atoms with Crippen LogP contribution in [0.5, 0.6) is 0 Å². The van der Waals surface area contributed by atoms with E-state index in [-0.39, 0.29) is 11.8 Å². The lowest BCUT2D eigenvalue weighted by Gasteiger charge is -1.99. The van der Waals surface area contributed by atoms with Crippen LogP contribution < -0.4 is 0 Å². The van der Waals surface area contributed by atoms with E-state index < -0.39 is 5.97 Å². The van der Waals surface area contributed by atoms with E-state index in [0.29, 0.717) is 10.6 Å². The highest BCUT2D eigenvalue weighted by Crippen LogP contribution is 2.23. The molecule has 0 amide bonds. The topological polar surface area (TPSA) is 65.2 Å². The fraction of sp³-hybridized carbons (Fsp3) is 0.182. The van der Waals surface area contributed by atoms with Crippen LogP contribution in [0.4, 0.5) is 0 Å². The van der Waals surface area contributed by atoms with Crippen molar-refractivity contribution in [2.45, 2.75) is 6.92 Å². The van der Waals surface area contributed by atoms with Gasteiger partial charge in [-0.3, -0.25) is 0 Å². The van der Waals surface area contributed by atoms with Gasteiger partial charge in [0.1, 0.15) is 0 Å². The molecule has 0 aliphatic carbocycles. The second-order valence-electron chi connectivity index (χ2n) is 3.37. The number of rotatable bonds is 2. The molecule has 6 heteroatoms. The summed E-state index contributed by atoms with van der Waals surface area (Å²) in [6.07, 6.45) is 0. The van der Waals surface area contributed by atoms with Crippen LogP contribution in [0, 0.1) is 6.92 Å². The highest BCUT2D eigenvalue weighted by Gasteiger charge is 2.16. The molecule has 0 radical (unpaired) electrons. The van der Waals surface area contributed by atoms with Crippen LogP contribution in [0.3, 0.4) is 0 Å². The Bertz CT molecular complexity index is 566. The Morgan fingerprint density at radius 3 is 2.82 bits per heavy atom. The zero-order valence-corrected chi connectivity index (χ0v) is 9.99. The van der Waals surface area contributed by atoms with E-state index in [4.69, 9.17) is 16.0 Å². The van der Waals surface area contributed by atoms with Gasteiger partial charge in [0.25, 0.3) is 0 Å². The molecule has 17 heavy (non-hydrogen) atoms. The molecule has 0 bridgehead atoms. The molecule has 0 N–H and O–H groups in total. The number of aryl methyl sites for hydroxylation is 1. The molecule has 2 rings (SSSR count). The SMILES string of the molecule is COC(=O)c1nnc(-c2ccc(Cl)c(C)c2)o1. The first-order chi connectivity index (χ1) is 8.11. The van der Waals surface area contributed by atoms with Gasteiger partial charge in [0.2, 0.25) is 5.89 Å². The maximum Gasteiger partial charge on any atom is 0.396 e. The van der Waals surface area contributed by atoms with E-state index in [2.05, 4.69) is 14.9 Å². The first kappa shape index (κ1) is 11.6. The third-order valence-corrected chi connectivity index (χ3v) is 2.61. The smallest absolute Gasteiger partial charge is 0.396 e. The minimum Gasteiger partial charge on any atom is -0.462 e. The van der Waals surface area contributed by atoms with E-state index >= 15 is 0 Å². The van der Waals surface area contributed by atoms with Crippen LogP contribution in [-0.4, -0.2) is 23.3 Å². The Morgan fingerprint density at radius 1 is 1.41 bits per heavy atom. The number of ether oxygens (including phenoxy) is 1. The van der Waals surface area contributed by atoms with Crippen molar-refractivity contribution in [1.82, 2.24) is 10.2 Å². The summed E-state index contributed by atoms with van der Waals surface area (Å²) in [7, 11) is 1.25. The second kappa shape index (κ2) is 4.55. The van der Waals surface area contributed by atoms with Gasteiger partial charge in [-0.1, -0.05) is 11.6 Å². The van der Waals surface area contributed by atoms with Crippen molar-refractivity contribution in [3.8, 4) is 11.5 Å². The van der Waals surface area contributed by atoms with Crippen molar-refractivity contribution >= 4 is 17.6 Å². The summed E-state index contributed by atoms with van der Waals surface area (Å²) in [6.45, 7) is 1.86. The van der Waals surface area contributed by atoms with Crippen molar-refractivity contribution in [1.29, 1.82) is 0 Å². The summed E-state index contributed by atoms with van der Waals surface area (Å²) in [5.74, 6) is -0.574. The van der Waals surface area contributed by atoms with Crippen molar-refractivity contribution in [3.63, 3.8) is 0 Å². The lowest BCUT2D eigenvalue weighted by molar-refractivity contribution is 0.0556. The van der Waals surface area contributed by atoms with Gasteiger partial charge >= 0.3 is 11.9 Å². The number of nitrogens with zero attached hydrogens (tertiary/aromatic N) is 2. The molecule has 1 aromatic heterocycles. The third-order valence-electron chi connectivity index (χ3n) is 2.19. The molecule has 0 unspecified atom stereocenters. The number of hydrogen-bond donors (Lipinski definition) is 0. The van der Waals surface area contributed by atoms with E-state index in [1.54, 1.807) is 18.2 Å². The second-order valence-corrected chi connectivity index (χ2v) is 3.78. The number of halogens is 1. The van der Waals surface area contributed by atoms with Crippen LogP contribution in [0.2, 0.25) is 5.02 Å². The van der Waals surface area contributed by atoms with Gasteiger partial charge in [0.05, 0.1) is 7.11 Å². The molecule has 0 aliphatic rings. The maximum absolute atomic E-state index is 11.1. The van der Waals surface area contributed by atoms with Gasteiger partial charge in [0, 0.05) is 10.6 Å². The van der Waals surface area contributed by atoms with Gasteiger partial charge < -0.3 is 9.15 Å². The zero-order chi connectivity index (χ0) is 12.4. The quantitative estimate of drug-likeness (QED) is 0.768. The molecule has 0 spiro atoms. The number of carbonyl (C=O) groups excluding carboxylic acids is 1. The zero-order valence-electron chi connectivity index (χ0n) is 9.23. The lowest BCUT2D eigenvalue weighted by atomic mass is 10.1. The summed E-state index contributed by atoms with van der Waals surface area (Å²) in [6, 6.07) is 5.27. The Balaban J connectivity index is 2.37. The van der Waals surface area contributed by atoms with Crippen molar-refractivity contribution in [3.05, 3.63) is 34.7 Å². The van der Waals surface area contributed by atoms with Gasteiger partial charge in [-0.25, -0.2) is 4.79 Å². The Hall–Kier alpha value is -1.88. The van der Waals surface area contributed by atoms with Crippen molar-refractivity contribution in [2.75, 3.05) is 7.11 Å². The molecule has 0 saturated carbocycles. The normalized spacial score (nSPS) is 10.3. The molecule has 1 heterocycles. The molecule has 5 nitrogen and oxygen atoms in total. The highest BCUT2D eigenvalue weighted by molar-refractivity contribution is 6.31. The van der Waals surface area contributed by atoms with Crippen molar-refractivity contribution in [2.24, 2.45) is 0 Å². The summed E-state index contributed by atoms with van der Waals surface area (Å²) in [4.78, 5) is 11.1. The van der Waals surface area contributed by atoms with Gasteiger partial charge in [-0.2, -0.15) is 0 Å². The van der Waals surface area contributed by atoms with Crippen LogP contribution in [0.15, 0.2) is 22.6 Å². The molecule has 0 atom stereocenters. The molecule has 0 aliphatic heterocycles. The maximum atomic E-state index is 11.1. The Kier molecular flexibility index (Phi) is 3.10. The molecule has 0 saturated heterocycles. The number of benzene rings is 1. The van der Waals surface area contributed by atoms with E-state index in [9.17, 15) is 4.79 Å². The molecule has 1 aromatic carbocycles. The van der Waals surface area contributed by atoms with Gasteiger partial charge in [-0.15, -0.1) is 10.2 Å².